The van der Waals surface area contributed by atoms with Crippen molar-refractivity contribution in [2.75, 3.05) is 6.54 Å². The number of nitrogens with one attached hydrogen (secondary N) is 1. The molecule has 1 aromatic heterocycles. The van der Waals surface area contributed by atoms with Crippen LogP contribution in [0.1, 0.15) is 36.8 Å². The number of aliphatic carboxylic acids is 1. The van der Waals surface area contributed by atoms with E-state index in [2.05, 4.69) is 5.32 Å². The fourth-order valence-electron chi connectivity index (χ4n) is 2.45. The van der Waals surface area contributed by atoms with E-state index in [9.17, 15) is 14.7 Å². The zero-order valence-electron chi connectivity index (χ0n) is 11.6. The minimum Gasteiger partial charge on any atom is -0.480 e. The number of rotatable bonds is 3. The summed E-state index contributed by atoms with van der Waals surface area (Å²) in [6.07, 6.45) is 3.26. The highest BCUT2D eigenvalue weighted by Gasteiger charge is 2.30. The zero-order chi connectivity index (χ0) is 14.5. The van der Waals surface area contributed by atoms with Crippen molar-refractivity contribution in [3.05, 3.63) is 21.9 Å². The predicted molar refractivity (Wildman–Crippen MR) is 77.9 cm³/mol. The van der Waals surface area contributed by atoms with Gasteiger partial charge < -0.3 is 15.3 Å². The first-order valence-electron chi connectivity index (χ1n) is 6.88. The summed E-state index contributed by atoms with van der Waals surface area (Å²) in [6.45, 7) is 2.98. The molecule has 1 saturated heterocycles. The highest BCUT2D eigenvalue weighted by atomic mass is 32.1. The van der Waals surface area contributed by atoms with Gasteiger partial charge in [0.05, 0.1) is 0 Å². The van der Waals surface area contributed by atoms with Crippen LogP contribution in [0, 0.1) is 6.92 Å². The van der Waals surface area contributed by atoms with Crippen LogP contribution in [0.25, 0.3) is 0 Å². The van der Waals surface area contributed by atoms with Crippen LogP contribution in [0.3, 0.4) is 0 Å². The van der Waals surface area contributed by atoms with Gasteiger partial charge in [0.1, 0.15) is 6.04 Å². The highest BCUT2D eigenvalue weighted by Crippen LogP contribution is 2.18. The number of carboxylic acid groups (broad SMARTS) is 1. The van der Waals surface area contributed by atoms with E-state index in [-0.39, 0.29) is 6.03 Å². The molecule has 0 radical (unpaired) electrons. The van der Waals surface area contributed by atoms with E-state index in [1.807, 2.05) is 17.7 Å². The molecule has 20 heavy (non-hydrogen) atoms. The van der Waals surface area contributed by atoms with Crippen LogP contribution in [0.15, 0.2) is 10.8 Å². The molecule has 6 heteroatoms. The smallest absolute Gasteiger partial charge is 0.326 e. The summed E-state index contributed by atoms with van der Waals surface area (Å²) in [5.41, 5.74) is 2.24. The molecule has 1 aliphatic heterocycles. The van der Waals surface area contributed by atoms with E-state index < -0.39 is 12.0 Å². The first-order valence-corrected chi connectivity index (χ1v) is 7.83. The molecule has 2 heterocycles. The molecule has 5 nitrogen and oxygen atoms in total. The van der Waals surface area contributed by atoms with Gasteiger partial charge in [-0.25, -0.2) is 9.59 Å². The maximum atomic E-state index is 12.2. The van der Waals surface area contributed by atoms with Gasteiger partial charge in [0.15, 0.2) is 0 Å². The summed E-state index contributed by atoms with van der Waals surface area (Å²) in [6, 6.07) is -0.967. The second-order valence-corrected chi connectivity index (χ2v) is 5.88. The van der Waals surface area contributed by atoms with E-state index in [4.69, 9.17) is 0 Å². The number of nitrogens with zero attached hydrogens (tertiary/aromatic N) is 1. The molecule has 1 fully saturated rings. The van der Waals surface area contributed by atoms with Crippen molar-refractivity contribution >= 4 is 23.3 Å². The van der Waals surface area contributed by atoms with Crippen LogP contribution in [0.5, 0.6) is 0 Å². The molecular formula is C14H20N2O3S. The molecule has 1 unspecified atom stereocenters. The van der Waals surface area contributed by atoms with Gasteiger partial charge in [0.2, 0.25) is 0 Å². The van der Waals surface area contributed by atoms with Crippen molar-refractivity contribution < 1.29 is 14.7 Å². The molecule has 0 spiro atoms. The molecule has 0 aromatic carbocycles. The van der Waals surface area contributed by atoms with Crippen LogP contribution in [-0.4, -0.2) is 34.6 Å². The molecular weight excluding hydrogens is 276 g/mol. The highest BCUT2D eigenvalue weighted by molar-refractivity contribution is 7.08. The lowest BCUT2D eigenvalue weighted by atomic mass is 10.1. The summed E-state index contributed by atoms with van der Waals surface area (Å²) < 4.78 is 0. The van der Waals surface area contributed by atoms with Crippen LogP contribution in [0.2, 0.25) is 0 Å². The van der Waals surface area contributed by atoms with Crippen LogP contribution in [-0.2, 0) is 11.3 Å². The largest absolute Gasteiger partial charge is 0.480 e. The number of hydrogen-bond donors (Lipinski definition) is 2. The average molecular weight is 296 g/mol. The third-order valence-corrected chi connectivity index (χ3v) is 4.60. The molecule has 0 aliphatic carbocycles. The van der Waals surface area contributed by atoms with E-state index in [1.54, 1.807) is 11.3 Å². The number of urea groups is 1. The monoisotopic (exact) mass is 296 g/mol. The van der Waals surface area contributed by atoms with Crippen LogP contribution >= 0.6 is 11.3 Å². The van der Waals surface area contributed by atoms with Crippen molar-refractivity contribution in [2.24, 2.45) is 0 Å². The Kier molecular flexibility index (Phi) is 5.00. The Balaban J connectivity index is 1.98. The van der Waals surface area contributed by atoms with Gasteiger partial charge in [-0.15, -0.1) is 0 Å². The lowest BCUT2D eigenvalue weighted by Crippen LogP contribution is -2.49. The maximum Gasteiger partial charge on any atom is 0.326 e. The van der Waals surface area contributed by atoms with Gasteiger partial charge in [0.25, 0.3) is 0 Å². The molecule has 1 aromatic rings. The standard InChI is InChI=1S/C14H20N2O3S/c1-10-8-20-9-11(10)7-15-14(19)16-6-4-2-3-5-12(16)13(17)18/h8-9,12H,2-7H2,1H3,(H,15,19)(H,17,18). The number of carbonyl (C=O) groups excluding carboxylic acids is 1. The molecule has 0 saturated carbocycles. The number of likely N-dealkylation sites (tertiary alicyclic amines) is 1. The van der Waals surface area contributed by atoms with Crippen molar-refractivity contribution in [1.29, 1.82) is 0 Å². The fourth-order valence-corrected chi connectivity index (χ4v) is 3.31. The average Bonchev–Trinajstić information content (AvgIpc) is 2.67. The lowest BCUT2D eigenvalue weighted by molar-refractivity contribution is -0.142. The Morgan fingerprint density at radius 1 is 1.40 bits per heavy atom. The Labute approximate surface area is 122 Å². The Morgan fingerprint density at radius 2 is 2.20 bits per heavy atom. The lowest BCUT2D eigenvalue weighted by Gasteiger charge is -2.27. The van der Waals surface area contributed by atoms with Gasteiger partial charge in [0, 0.05) is 13.1 Å². The molecule has 110 valence electrons. The third-order valence-electron chi connectivity index (χ3n) is 3.69. The topological polar surface area (TPSA) is 69.6 Å². The molecule has 0 bridgehead atoms. The van der Waals surface area contributed by atoms with Crippen molar-refractivity contribution in [2.45, 2.75) is 45.2 Å². The molecule has 1 atom stereocenters. The summed E-state index contributed by atoms with van der Waals surface area (Å²) in [7, 11) is 0. The number of amides is 2. The predicted octanol–water partition coefficient (Wildman–Crippen LogP) is 2.60. The Hall–Kier alpha value is -1.56. The third kappa shape index (κ3) is 3.50. The summed E-state index contributed by atoms with van der Waals surface area (Å²) in [4.78, 5) is 25.0. The van der Waals surface area contributed by atoms with E-state index in [0.717, 1.165) is 30.4 Å². The van der Waals surface area contributed by atoms with Gasteiger partial charge in [-0.3, -0.25) is 0 Å². The molecule has 1 aliphatic rings. The summed E-state index contributed by atoms with van der Waals surface area (Å²) >= 11 is 1.60. The SMILES string of the molecule is Cc1cscc1CNC(=O)N1CCCCCC1C(=O)O. The van der Waals surface area contributed by atoms with E-state index >= 15 is 0 Å². The fraction of sp³-hybridized carbons (Fsp3) is 0.571. The quantitative estimate of drug-likeness (QED) is 0.900. The molecule has 2 amide bonds. The van der Waals surface area contributed by atoms with Crippen LogP contribution in [0.4, 0.5) is 4.79 Å². The van der Waals surface area contributed by atoms with Crippen LogP contribution < -0.4 is 5.32 Å². The zero-order valence-corrected chi connectivity index (χ0v) is 12.4. The summed E-state index contributed by atoms with van der Waals surface area (Å²) in [5, 5.41) is 16.1. The normalized spacial score (nSPS) is 19.4. The Bertz CT molecular complexity index is 487. The number of thiophene rings is 1. The second kappa shape index (κ2) is 6.74. The second-order valence-electron chi connectivity index (χ2n) is 5.14. The first kappa shape index (κ1) is 14.8. The van der Waals surface area contributed by atoms with Crippen molar-refractivity contribution in [1.82, 2.24) is 10.2 Å². The van der Waals surface area contributed by atoms with Gasteiger partial charge in [-0.05, 0) is 41.7 Å². The minimum atomic E-state index is -0.909. The Morgan fingerprint density at radius 3 is 2.85 bits per heavy atom. The first-order chi connectivity index (χ1) is 9.59. The van der Waals surface area contributed by atoms with Gasteiger partial charge in [-0.2, -0.15) is 11.3 Å². The van der Waals surface area contributed by atoms with Crippen molar-refractivity contribution in [3.63, 3.8) is 0 Å². The maximum absolute atomic E-state index is 12.2. The van der Waals surface area contributed by atoms with E-state index in [1.165, 1.54) is 4.90 Å². The van der Waals surface area contributed by atoms with Crippen molar-refractivity contribution in [3.8, 4) is 0 Å². The van der Waals surface area contributed by atoms with Gasteiger partial charge in [-0.1, -0.05) is 12.8 Å². The summed E-state index contributed by atoms with van der Waals surface area (Å²) in [5.74, 6) is -0.909. The number of aryl methyl sites for hydroxylation is 1. The minimum absolute atomic E-state index is 0.273. The van der Waals surface area contributed by atoms with E-state index in [0.29, 0.717) is 19.5 Å². The van der Waals surface area contributed by atoms with Gasteiger partial charge >= 0.3 is 12.0 Å². The molecule has 2 rings (SSSR count). The molecule has 2 N–H and O–H groups in total. The number of hydrogen-bond acceptors (Lipinski definition) is 3. The number of carbonyl (C=O) groups is 2. The number of carboxylic acids is 1.